The summed E-state index contributed by atoms with van der Waals surface area (Å²) in [7, 11) is 0. The minimum Gasteiger partial charge on any atom is -0.390 e. The lowest BCUT2D eigenvalue weighted by Gasteiger charge is -2.29. The largest absolute Gasteiger partial charge is 0.390 e. The van der Waals surface area contributed by atoms with Crippen LogP contribution in [0.3, 0.4) is 0 Å². The van der Waals surface area contributed by atoms with E-state index in [9.17, 15) is 10.2 Å². The van der Waals surface area contributed by atoms with Crippen LogP contribution < -0.4 is 0 Å². The quantitative estimate of drug-likeness (QED) is 0.825. The van der Waals surface area contributed by atoms with Gasteiger partial charge in [-0.3, -0.25) is 4.68 Å². The fraction of sp³-hybridized carbons (Fsp3) is 0.846. The van der Waals surface area contributed by atoms with Gasteiger partial charge in [-0.05, 0) is 25.7 Å². The highest BCUT2D eigenvalue weighted by atomic mass is 16.3. The zero-order chi connectivity index (χ0) is 13.0. The Labute approximate surface area is 108 Å². The van der Waals surface area contributed by atoms with Gasteiger partial charge in [0.2, 0.25) is 0 Å². The summed E-state index contributed by atoms with van der Waals surface area (Å²) in [6, 6.07) is 0. The van der Waals surface area contributed by atoms with E-state index in [1.54, 1.807) is 4.68 Å². The second-order valence-corrected chi connectivity index (χ2v) is 5.15. The van der Waals surface area contributed by atoms with E-state index >= 15 is 0 Å². The third-order valence-electron chi connectivity index (χ3n) is 3.91. The van der Waals surface area contributed by atoms with Crippen LogP contribution in [0, 0.1) is 5.92 Å². The lowest BCUT2D eigenvalue weighted by atomic mass is 9.83. The maximum absolute atomic E-state index is 10.2. The normalized spacial score (nSPS) is 20.8. The Morgan fingerprint density at radius 2 is 2.06 bits per heavy atom. The molecule has 1 fully saturated rings. The van der Waals surface area contributed by atoms with Crippen molar-refractivity contribution in [1.82, 2.24) is 14.8 Å². The molecule has 0 aliphatic heterocycles. The topological polar surface area (TPSA) is 71.2 Å². The third-order valence-corrected chi connectivity index (χ3v) is 3.91. The Morgan fingerprint density at radius 1 is 1.33 bits per heavy atom. The molecule has 1 aromatic rings. The molecule has 1 saturated carbocycles. The van der Waals surface area contributed by atoms with E-state index in [1.165, 1.54) is 25.6 Å². The summed E-state index contributed by atoms with van der Waals surface area (Å²) >= 11 is 0. The van der Waals surface area contributed by atoms with E-state index in [0.29, 0.717) is 6.42 Å². The number of aliphatic hydroxyl groups excluding tert-OH is 2. The van der Waals surface area contributed by atoms with Gasteiger partial charge in [0.1, 0.15) is 12.2 Å². The van der Waals surface area contributed by atoms with Crippen molar-refractivity contribution in [1.29, 1.82) is 0 Å². The molecule has 18 heavy (non-hydrogen) atoms. The van der Waals surface area contributed by atoms with Gasteiger partial charge in [0.15, 0.2) is 0 Å². The molecule has 1 aliphatic rings. The predicted octanol–water partition coefficient (Wildman–Crippen LogP) is 1.14. The fourth-order valence-electron chi connectivity index (χ4n) is 2.81. The number of aliphatic hydroxyl groups is 2. The molecule has 0 bridgehead atoms. The average Bonchev–Trinajstić information content (AvgIpc) is 2.86. The van der Waals surface area contributed by atoms with Crippen LogP contribution >= 0.6 is 0 Å². The Balaban J connectivity index is 1.92. The number of rotatable bonds is 5. The Morgan fingerprint density at radius 3 is 2.72 bits per heavy atom. The van der Waals surface area contributed by atoms with Crippen LogP contribution in [0.5, 0.6) is 0 Å². The Hall–Kier alpha value is -0.940. The van der Waals surface area contributed by atoms with Crippen LogP contribution in [0.2, 0.25) is 0 Å². The Bertz CT molecular complexity index is 361. The molecule has 1 aromatic heterocycles. The van der Waals surface area contributed by atoms with E-state index in [4.69, 9.17) is 0 Å². The van der Waals surface area contributed by atoms with E-state index in [0.717, 1.165) is 25.2 Å². The monoisotopic (exact) mass is 253 g/mol. The molecule has 2 rings (SSSR count). The van der Waals surface area contributed by atoms with Crippen LogP contribution in [0.25, 0.3) is 0 Å². The summed E-state index contributed by atoms with van der Waals surface area (Å²) in [5, 5.41) is 24.4. The molecule has 5 nitrogen and oxygen atoms in total. The first-order chi connectivity index (χ1) is 8.72. The predicted molar refractivity (Wildman–Crippen MR) is 68.0 cm³/mol. The van der Waals surface area contributed by atoms with Crippen molar-refractivity contribution in [3.05, 3.63) is 12.2 Å². The summed E-state index contributed by atoms with van der Waals surface area (Å²) in [6.45, 7) is 2.73. The van der Waals surface area contributed by atoms with Gasteiger partial charge in [0.05, 0.1) is 12.2 Å². The Kier molecular flexibility index (Phi) is 4.72. The van der Waals surface area contributed by atoms with Gasteiger partial charge >= 0.3 is 0 Å². The second kappa shape index (κ2) is 6.29. The van der Waals surface area contributed by atoms with Crippen LogP contribution in [0.1, 0.15) is 44.9 Å². The lowest BCUT2D eigenvalue weighted by molar-refractivity contribution is -0.0275. The van der Waals surface area contributed by atoms with Crippen molar-refractivity contribution < 1.29 is 10.2 Å². The summed E-state index contributed by atoms with van der Waals surface area (Å²) in [5.74, 6) is 0.992. The van der Waals surface area contributed by atoms with Crippen molar-refractivity contribution in [3.63, 3.8) is 0 Å². The van der Waals surface area contributed by atoms with Crippen molar-refractivity contribution in [2.45, 2.75) is 64.2 Å². The molecule has 0 aromatic carbocycles. The summed E-state index contributed by atoms with van der Waals surface area (Å²) in [6.07, 6.45) is 6.15. The number of hydrogen-bond donors (Lipinski definition) is 2. The SMILES string of the molecule is CCn1ncnc1CC(O)C(O)C1CCCCC1. The fourth-order valence-corrected chi connectivity index (χ4v) is 2.81. The van der Waals surface area contributed by atoms with Gasteiger partial charge in [-0.1, -0.05) is 19.3 Å². The highest BCUT2D eigenvalue weighted by Gasteiger charge is 2.28. The second-order valence-electron chi connectivity index (χ2n) is 5.15. The molecule has 5 heteroatoms. The van der Waals surface area contributed by atoms with Gasteiger partial charge in [0.25, 0.3) is 0 Å². The summed E-state index contributed by atoms with van der Waals surface area (Å²) in [4.78, 5) is 4.14. The number of aromatic nitrogens is 3. The van der Waals surface area contributed by atoms with Crippen LogP contribution in [-0.4, -0.2) is 37.2 Å². The summed E-state index contributed by atoms with van der Waals surface area (Å²) in [5.41, 5.74) is 0. The molecule has 102 valence electrons. The molecule has 1 aliphatic carbocycles. The third kappa shape index (κ3) is 3.09. The van der Waals surface area contributed by atoms with Gasteiger partial charge < -0.3 is 10.2 Å². The van der Waals surface area contributed by atoms with Crippen molar-refractivity contribution in [2.24, 2.45) is 5.92 Å². The van der Waals surface area contributed by atoms with Crippen molar-refractivity contribution in [2.75, 3.05) is 0 Å². The first-order valence-corrected chi connectivity index (χ1v) is 6.95. The molecule has 2 N–H and O–H groups in total. The molecule has 0 spiro atoms. The van der Waals surface area contributed by atoms with E-state index < -0.39 is 12.2 Å². The lowest BCUT2D eigenvalue weighted by Crippen LogP contribution is -2.36. The number of aryl methyl sites for hydroxylation is 1. The number of hydrogen-bond acceptors (Lipinski definition) is 4. The van der Waals surface area contributed by atoms with Crippen LogP contribution in [-0.2, 0) is 13.0 Å². The molecule has 2 atom stereocenters. The molecular formula is C13H23N3O2. The molecule has 0 radical (unpaired) electrons. The van der Waals surface area contributed by atoms with Crippen molar-refractivity contribution in [3.8, 4) is 0 Å². The van der Waals surface area contributed by atoms with Crippen molar-refractivity contribution >= 4 is 0 Å². The standard InChI is InChI=1S/C13H23N3O2/c1-2-16-12(14-9-15-16)8-11(17)13(18)10-6-4-3-5-7-10/h9-11,13,17-18H,2-8H2,1H3. The summed E-state index contributed by atoms with van der Waals surface area (Å²) < 4.78 is 1.76. The molecule has 1 heterocycles. The molecule has 0 amide bonds. The van der Waals surface area contributed by atoms with Gasteiger partial charge in [-0.25, -0.2) is 4.98 Å². The van der Waals surface area contributed by atoms with Gasteiger partial charge in [-0.2, -0.15) is 5.10 Å². The van der Waals surface area contributed by atoms with E-state index in [2.05, 4.69) is 10.1 Å². The van der Waals surface area contributed by atoms with Crippen LogP contribution in [0.4, 0.5) is 0 Å². The first kappa shape index (κ1) is 13.5. The van der Waals surface area contributed by atoms with Crippen LogP contribution in [0.15, 0.2) is 6.33 Å². The minimum absolute atomic E-state index is 0.242. The zero-order valence-electron chi connectivity index (χ0n) is 11.0. The highest BCUT2D eigenvalue weighted by Crippen LogP contribution is 2.28. The maximum atomic E-state index is 10.2. The minimum atomic E-state index is -0.734. The number of nitrogens with zero attached hydrogens (tertiary/aromatic N) is 3. The molecule has 2 unspecified atom stereocenters. The first-order valence-electron chi connectivity index (χ1n) is 6.95. The van der Waals surface area contributed by atoms with E-state index in [-0.39, 0.29) is 5.92 Å². The smallest absolute Gasteiger partial charge is 0.138 e. The highest BCUT2D eigenvalue weighted by molar-refractivity contribution is 4.91. The average molecular weight is 253 g/mol. The molecule has 0 saturated heterocycles. The maximum Gasteiger partial charge on any atom is 0.138 e. The molecular weight excluding hydrogens is 230 g/mol. The van der Waals surface area contributed by atoms with Gasteiger partial charge in [-0.15, -0.1) is 0 Å². The zero-order valence-corrected chi connectivity index (χ0v) is 11.0. The van der Waals surface area contributed by atoms with Gasteiger partial charge in [0, 0.05) is 13.0 Å². The van der Waals surface area contributed by atoms with E-state index in [1.807, 2.05) is 6.92 Å².